The molecule has 0 aliphatic rings. The number of H-pyrrole nitrogens is 1. The average molecular weight is 358 g/mol. The minimum absolute atomic E-state index is 0.153. The highest BCUT2D eigenvalue weighted by Gasteiger charge is 2.10. The number of amides is 2. The lowest BCUT2D eigenvalue weighted by Crippen LogP contribution is -2.34. The standard InChI is InChI=1S/C21H18N4O2/c26-20(15-8-9-18-19(12-15)25-13-24-18)22-10-11-23-21(27)17-7-3-5-14-4-1-2-6-16(14)17/h1-9,12-13H,10-11H2,(H,22,26)(H,23,27)(H,24,25). The summed E-state index contributed by atoms with van der Waals surface area (Å²) in [5.74, 6) is -0.342. The van der Waals surface area contributed by atoms with Crippen LogP contribution >= 0.6 is 0 Å². The quantitative estimate of drug-likeness (QED) is 0.480. The number of carbonyl (C=O) groups excluding carboxylic acids is 2. The Kier molecular flexibility index (Phi) is 4.53. The first kappa shape index (κ1) is 16.8. The van der Waals surface area contributed by atoms with Crippen molar-refractivity contribution in [2.45, 2.75) is 0 Å². The summed E-state index contributed by atoms with van der Waals surface area (Å²) >= 11 is 0. The van der Waals surface area contributed by atoms with Crippen molar-refractivity contribution in [2.24, 2.45) is 0 Å². The molecule has 3 N–H and O–H groups in total. The molecule has 0 saturated heterocycles. The van der Waals surface area contributed by atoms with Crippen molar-refractivity contribution in [3.8, 4) is 0 Å². The van der Waals surface area contributed by atoms with E-state index in [1.54, 1.807) is 30.6 Å². The highest BCUT2D eigenvalue weighted by Crippen LogP contribution is 2.18. The zero-order valence-corrected chi connectivity index (χ0v) is 14.5. The molecule has 6 nitrogen and oxygen atoms in total. The minimum Gasteiger partial charge on any atom is -0.350 e. The summed E-state index contributed by atoms with van der Waals surface area (Å²) in [5.41, 5.74) is 2.80. The Balaban J connectivity index is 1.34. The van der Waals surface area contributed by atoms with Gasteiger partial charge in [-0.15, -0.1) is 0 Å². The number of rotatable bonds is 5. The maximum atomic E-state index is 12.5. The summed E-state index contributed by atoms with van der Waals surface area (Å²) < 4.78 is 0. The number of nitrogens with one attached hydrogen (secondary N) is 3. The molecule has 0 bridgehead atoms. The fourth-order valence-electron chi connectivity index (χ4n) is 3.05. The topological polar surface area (TPSA) is 86.9 Å². The highest BCUT2D eigenvalue weighted by atomic mass is 16.2. The molecule has 0 atom stereocenters. The van der Waals surface area contributed by atoms with E-state index < -0.39 is 0 Å². The van der Waals surface area contributed by atoms with E-state index in [9.17, 15) is 9.59 Å². The lowest BCUT2D eigenvalue weighted by Gasteiger charge is -2.09. The molecule has 4 rings (SSSR count). The van der Waals surface area contributed by atoms with Crippen molar-refractivity contribution in [2.75, 3.05) is 13.1 Å². The molecule has 0 aliphatic heterocycles. The summed E-state index contributed by atoms with van der Waals surface area (Å²) in [6, 6.07) is 18.7. The Hall–Kier alpha value is -3.67. The third kappa shape index (κ3) is 3.50. The normalized spacial score (nSPS) is 10.8. The predicted molar refractivity (Wildman–Crippen MR) is 105 cm³/mol. The van der Waals surface area contributed by atoms with Crippen LogP contribution in [0.15, 0.2) is 67.0 Å². The monoisotopic (exact) mass is 358 g/mol. The highest BCUT2D eigenvalue weighted by molar-refractivity contribution is 6.07. The van der Waals surface area contributed by atoms with Crippen molar-refractivity contribution in [1.82, 2.24) is 20.6 Å². The molecule has 0 fully saturated rings. The van der Waals surface area contributed by atoms with Crippen molar-refractivity contribution in [3.63, 3.8) is 0 Å². The molecule has 1 heterocycles. The molecule has 6 heteroatoms. The van der Waals surface area contributed by atoms with Gasteiger partial charge in [0.1, 0.15) is 0 Å². The van der Waals surface area contributed by atoms with Gasteiger partial charge < -0.3 is 15.6 Å². The first-order chi connectivity index (χ1) is 13.2. The van der Waals surface area contributed by atoms with Crippen molar-refractivity contribution >= 4 is 33.6 Å². The third-order valence-corrected chi connectivity index (χ3v) is 4.41. The van der Waals surface area contributed by atoms with Crippen LogP contribution in [0.2, 0.25) is 0 Å². The van der Waals surface area contributed by atoms with Gasteiger partial charge in [0.25, 0.3) is 11.8 Å². The molecule has 27 heavy (non-hydrogen) atoms. The molecular formula is C21H18N4O2. The van der Waals surface area contributed by atoms with Crippen LogP contribution in [-0.2, 0) is 0 Å². The van der Waals surface area contributed by atoms with Crippen LogP contribution in [0.25, 0.3) is 21.8 Å². The van der Waals surface area contributed by atoms with Gasteiger partial charge in [-0.1, -0.05) is 36.4 Å². The zero-order valence-electron chi connectivity index (χ0n) is 14.5. The number of hydrogen-bond acceptors (Lipinski definition) is 3. The van der Waals surface area contributed by atoms with E-state index in [2.05, 4.69) is 20.6 Å². The first-order valence-corrected chi connectivity index (χ1v) is 8.70. The maximum Gasteiger partial charge on any atom is 0.251 e. The van der Waals surface area contributed by atoms with E-state index in [0.29, 0.717) is 24.2 Å². The number of hydrogen-bond donors (Lipinski definition) is 3. The van der Waals surface area contributed by atoms with E-state index >= 15 is 0 Å². The van der Waals surface area contributed by atoms with Crippen LogP contribution in [0.4, 0.5) is 0 Å². The molecule has 0 unspecified atom stereocenters. The summed E-state index contributed by atoms with van der Waals surface area (Å²) in [6.45, 7) is 0.691. The van der Waals surface area contributed by atoms with Gasteiger partial charge in [0.15, 0.2) is 0 Å². The van der Waals surface area contributed by atoms with Crippen molar-refractivity contribution in [1.29, 1.82) is 0 Å². The predicted octanol–water partition coefficient (Wildman–Crippen LogP) is 2.88. The van der Waals surface area contributed by atoms with Gasteiger partial charge in [0.2, 0.25) is 0 Å². The van der Waals surface area contributed by atoms with Crippen molar-refractivity contribution in [3.05, 3.63) is 78.1 Å². The Bertz CT molecular complexity index is 1130. The molecule has 2 amide bonds. The van der Waals surface area contributed by atoms with Crippen LogP contribution in [0.1, 0.15) is 20.7 Å². The van der Waals surface area contributed by atoms with Crippen LogP contribution < -0.4 is 10.6 Å². The van der Waals surface area contributed by atoms with Gasteiger partial charge in [-0.2, -0.15) is 0 Å². The number of benzene rings is 3. The van der Waals surface area contributed by atoms with E-state index in [4.69, 9.17) is 0 Å². The fraction of sp³-hybridized carbons (Fsp3) is 0.0952. The molecule has 4 aromatic rings. The van der Waals surface area contributed by atoms with Gasteiger partial charge >= 0.3 is 0 Å². The van der Waals surface area contributed by atoms with Crippen LogP contribution in [-0.4, -0.2) is 34.9 Å². The number of imidazole rings is 1. The number of fused-ring (bicyclic) bond motifs is 2. The van der Waals surface area contributed by atoms with E-state index in [1.165, 1.54) is 0 Å². The molecule has 0 aliphatic carbocycles. The number of aromatic nitrogens is 2. The second-order valence-electron chi connectivity index (χ2n) is 6.17. The summed E-state index contributed by atoms with van der Waals surface area (Å²) in [7, 11) is 0. The first-order valence-electron chi connectivity index (χ1n) is 8.70. The van der Waals surface area contributed by atoms with Gasteiger partial charge in [-0.3, -0.25) is 9.59 Å². The molecule has 1 aromatic heterocycles. The van der Waals surface area contributed by atoms with Crippen molar-refractivity contribution < 1.29 is 9.59 Å². The Morgan fingerprint density at radius 3 is 2.56 bits per heavy atom. The molecule has 0 radical (unpaired) electrons. The lowest BCUT2D eigenvalue weighted by atomic mass is 10.0. The fourth-order valence-corrected chi connectivity index (χ4v) is 3.05. The lowest BCUT2D eigenvalue weighted by molar-refractivity contribution is 0.0928. The second kappa shape index (κ2) is 7.29. The van der Waals surface area contributed by atoms with Crippen LogP contribution in [0.5, 0.6) is 0 Å². The average Bonchev–Trinajstić information content (AvgIpc) is 3.18. The largest absolute Gasteiger partial charge is 0.350 e. The summed E-state index contributed by atoms with van der Waals surface area (Å²) in [4.78, 5) is 31.8. The summed E-state index contributed by atoms with van der Waals surface area (Å²) in [6.07, 6.45) is 1.59. The van der Waals surface area contributed by atoms with Gasteiger partial charge in [-0.05, 0) is 35.0 Å². The Morgan fingerprint density at radius 2 is 1.67 bits per heavy atom. The maximum absolute atomic E-state index is 12.5. The Morgan fingerprint density at radius 1 is 0.889 bits per heavy atom. The van der Waals surface area contributed by atoms with Gasteiger partial charge in [0.05, 0.1) is 17.4 Å². The number of nitrogens with zero attached hydrogens (tertiary/aromatic N) is 1. The van der Waals surface area contributed by atoms with Gasteiger partial charge in [0, 0.05) is 24.2 Å². The van der Waals surface area contributed by atoms with Gasteiger partial charge in [-0.25, -0.2) is 4.98 Å². The molecule has 134 valence electrons. The molecule has 0 saturated carbocycles. The number of aromatic amines is 1. The smallest absolute Gasteiger partial charge is 0.251 e. The Labute approximate surface area is 155 Å². The third-order valence-electron chi connectivity index (χ3n) is 4.41. The second-order valence-corrected chi connectivity index (χ2v) is 6.17. The molecule has 3 aromatic carbocycles. The molecule has 0 spiro atoms. The number of carbonyl (C=O) groups is 2. The van der Waals surface area contributed by atoms with E-state index in [-0.39, 0.29) is 11.8 Å². The summed E-state index contributed by atoms with van der Waals surface area (Å²) in [5, 5.41) is 7.60. The zero-order chi connectivity index (χ0) is 18.6. The van der Waals surface area contributed by atoms with E-state index in [0.717, 1.165) is 21.8 Å². The van der Waals surface area contributed by atoms with Crippen LogP contribution in [0.3, 0.4) is 0 Å². The van der Waals surface area contributed by atoms with Crippen LogP contribution in [0, 0.1) is 0 Å². The molecular weight excluding hydrogens is 340 g/mol. The minimum atomic E-state index is -0.189. The SMILES string of the molecule is O=C(NCCNC(=O)c1cccc2ccccc12)c1ccc2nc[nH]c2c1. The van der Waals surface area contributed by atoms with E-state index in [1.807, 2.05) is 36.4 Å².